The molecule has 5 nitrogen and oxygen atoms in total. The molecule has 1 heterocycles. The molecule has 0 saturated heterocycles. The quantitative estimate of drug-likeness (QED) is 0.888. The predicted molar refractivity (Wildman–Crippen MR) is 80.9 cm³/mol. The van der Waals surface area contributed by atoms with Crippen molar-refractivity contribution < 1.29 is 14.6 Å². The van der Waals surface area contributed by atoms with Crippen LogP contribution in [-0.2, 0) is 13.0 Å². The highest BCUT2D eigenvalue weighted by atomic mass is 16.5. The number of hydrogen-bond donors (Lipinski definition) is 1. The molecule has 114 valence electrons. The fourth-order valence-electron chi connectivity index (χ4n) is 2.43. The van der Waals surface area contributed by atoms with Gasteiger partial charge in [0.25, 0.3) is 0 Å². The van der Waals surface area contributed by atoms with E-state index in [1.165, 1.54) is 0 Å². The molecule has 2 aromatic rings. The van der Waals surface area contributed by atoms with Crippen LogP contribution in [0.1, 0.15) is 36.9 Å². The number of hydrogen-bond acceptors (Lipinski definition) is 4. The van der Waals surface area contributed by atoms with Crippen molar-refractivity contribution in [3.63, 3.8) is 0 Å². The second-order valence-corrected chi connectivity index (χ2v) is 4.71. The zero-order valence-corrected chi connectivity index (χ0v) is 13.0. The van der Waals surface area contributed by atoms with Gasteiger partial charge >= 0.3 is 0 Å². The highest BCUT2D eigenvalue weighted by Gasteiger charge is 2.24. The topological polar surface area (TPSA) is 56.5 Å². The van der Waals surface area contributed by atoms with E-state index >= 15 is 0 Å². The highest BCUT2D eigenvalue weighted by Crippen LogP contribution is 2.37. The molecular formula is C16H22N2O3. The molecule has 0 radical (unpaired) electrons. The molecule has 1 atom stereocenters. The third-order valence-corrected chi connectivity index (χ3v) is 3.54. The molecule has 0 fully saturated rings. The van der Waals surface area contributed by atoms with Crippen LogP contribution in [-0.4, -0.2) is 29.1 Å². The SMILES string of the molecule is CCc1cc(C(O)c2c(OC)cccc2OC)n(CC)n1. The number of ether oxygens (including phenoxy) is 2. The molecule has 21 heavy (non-hydrogen) atoms. The minimum absolute atomic E-state index is 0.601. The Hall–Kier alpha value is -2.01. The normalized spacial score (nSPS) is 12.2. The molecule has 0 aliphatic rings. The van der Waals surface area contributed by atoms with E-state index in [4.69, 9.17) is 9.47 Å². The lowest BCUT2D eigenvalue weighted by Gasteiger charge is -2.18. The van der Waals surface area contributed by atoms with Crippen LogP contribution in [0.2, 0.25) is 0 Å². The number of aliphatic hydroxyl groups excluding tert-OH is 1. The van der Waals surface area contributed by atoms with Gasteiger partial charge in [-0.2, -0.15) is 5.10 Å². The summed E-state index contributed by atoms with van der Waals surface area (Å²) in [6, 6.07) is 7.39. The van der Waals surface area contributed by atoms with Gasteiger partial charge in [-0.15, -0.1) is 0 Å². The van der Waals surface area contributed by atoms with Gasteiger partial charge in [0, 0.05) is 6.54 Å². The number of rotatable bonds is 6. The lowest BCUT2D eigenvalue weighted by molar-refractivity contribution is 0.197. The predicted octanol–water partition coefficient (Wildman–Crippen LogP) is 2.56. The Morgan fingerprint density at radius 2 is 1.81 bits per heavy atom. The van der Waals surface area contributed by atoms with Crippen LogP contribution in [0.3, 0.4) is 0 Å². The van der Waals surface area contributed by atoms with Crippen LogP contribution in [0.4, 0.5) is 0 Å². The van der Waals surface area contributed by atoms with Crippen LogP contribution < -0.4 is 9.47 Å². The molecule has 0 aliphatic carbocycles. The van der Waals surface area contributed by atoms with E-state index in [0.717, 1.165) is 17.8 Å². The minimum atomic E-state index is -0.844. The fourth-order valence-corrected chi connectivity index (χ4v) is 2.43. The molecule has 1 N–H and O–H groups in total. The van der Waals surface area contributed by atoms with Gasteiger partial charge in [-0.1, -0.05) is 13.0 Å². The van der Waals surface area contributed by atoms with Gasteiger partial charge in [0.1, 0.15) is 17.6 Å². The van der Waals surface area contributed by atoms with E-state index in [-0.39, 0.29) is 0 Å². The Balaban J connectivity index is 2.53. The molecule has 0 aliphatic heterocycles. The average molecular weight is 290 g/mol. The average Bonchev–Trinajstić information content (AvgIpc) is 2.96. The molecule has 5 heteroatoms. The highest BCUT2D eigenvalue weighted by molar-refractivity contribution is 5.49. The minimum Gasteiger partial charge on any atom is -0.496 e. The summed E-state index contributed by atoms with van der Waals surface area (Å²) in [6.45, 7) is 4.74. The molecular weight excluding hydrogens is 268 g/mol. The summed E-state index contributed by atoms with van der Waals surface area (Å²) < 4.78 is 12.5. The van der Waals surface area contributed by atoms with Crippen molar-refractivity contribution in [2.24, 2.45) is 0 Å². The Morgan fingerprint density at radius 1 is 1.19 bits per heavy atom. The second-order valence-electron chi connectivity index (χ2n) is 4.71. The van der Waals surface area contributed by atoms with Crippen LogP contribution >= 0.6 is 0 Å². The van der Waals surface area contributed by atoms with Crippen molar-refractivity contribution in [2.75, 3.05) is 14.2 Å². The number of nitrogens with zero attached hydrogens (tertiary/aromatic N) is 2. The number of methoxy groups -OCH3 is 2. The molecule has 2 rings (SSSR count). The van der Waals surface area contributed by atoms with E-state index in [2.05, 4.69) is 5.10 Å². The maximum atomic E-state index is 10.8. The standard InChI is InChI=1S/C16H22N2O3/c1-5-11-10-12(18(6-2)17-11)16(19)15-13(20-3)8-7-9-14(15)21-4/h7-10,16,19H,5-6H2,1-4H3. The molecule has 0 bridgehead atoms. The summed E-state index contributed by atoms with van der Waals surface area (Å²) in [5.41, 5.74) is 2.33. The summed E-state index contributed by atoms with van der Waals surface area (Å²) in [4.78, 5) is 0. The van der Waals surface area contributed by atoms with Gasteiger partial charge in [0.15, 0.2) is 0 Å². The van der Waals surface area contributed by atoms with Gasteiger partial charge in [-0.05, 0) is 31.5 Å². The Bertz CT molecular complexity index is 585. The van der Waals surface area contributed by atoms with E-state index in [0.29, 0.717) is 23.6 Å². The fraction of sp³-hybridized carbons (Fsp3) is 0.438. The first-order chi connectivity index (χ1) is 10.2. The smallest absolute Gasteiger partial charge is 0.128 e. The number of aliphatic hydroxyl groups is 1. The maximum absolute atomic E-state index is 10.8. The number of aromatic nitrogens is 2. The monoisotopic (exact) mass is 290 g/mol. The second kappa shape index (κ2) is 6.63. The molecule has 0 saturated carbocycles. The molecule has 0 spiro atoms. The van der Waals surface area contributed by atoms with Crippen molar-refractivity contribution in [1.29, 1.82) is 0 Å². The third kappa shape index (κ3) is 2.88. The van der Waals surface area contributed by atoms with Crippen LogP contribution in [0, 0.1) is 0 Å². The Kier molecular flexibility index (Phi) is 4.85. The van der Waals surface area contributed by atoms with Gasteiger partial charge in [-0.3, -0.25) is 4.68 Å². The molecule has 0 amide bonds. The zero-order valence-electron chi connectivity index (χ0n) is 13.0. The van der Waals surface area contributed by atoms with Gasteiger partial charge in [0.05, 0.1) is 31.2 Å². The van der Waals surface area contributed by atoms with Crippen LogP contribution in [0.5, 0.6) is 11.5 Å². The Morgan fingerprint density at radius 3 is 2.29 bits per heavy atom. The third-order valence-electron chi connectivity index (χ3n) is 3.54. The largest absolute Gasteiger partial charge is 0.496 e. The zero-order chi connectivity index (χ0) is 15.4. The number of aryl methyl sites for hydroxylation is 2. The summed E-state index contributed by atoms with van der Waals surface area (Å²) in [7, 11) is 3.17. The van der Waals surface area contributed by atoms with Crippen molar-refractivity contribution >= 4 is 0 Å². The molecule has 1 aromatic heterocycles. The van der Waals surface area contributed by atoms with E-state index in [1.807, 2.05) is 42.8 Å². The van der Waals surface area contributed by atoms with Gasteiger partial charge < -0.3 is 14.6 Å². The first-order valence-corrected chi connectivity index (χ1v) is 7.11. The number of benzene rings is 1. The summed E-state index contributed by atoms with van der Waals surface area (Å²) in [6.07, 6.45) is -0.0145. The summed E-state index contributed by atoms with van der Waals surface area (Å²) in [5, 5.41) is 15.3. The van der Waals surface area contributed by atoms with Gasteiger partial charge in [0.2, 0.25) is 0 Å². The van der Waals surface area contributed by atoms with Gasteiger partial charge in [-0.25, -0.2) is 0 Å². The first kappa shape index (κ1) is 15.4. The van der Waals surface area contributed by atoms with E-state index < -0.39 is 6.10 Å². The lowest BCUT2D eigenvalue weighted by atomic mass is 10.0. The van der Waals surface area contributed by atoms with E-state index in [9.17, 15) is 5.11 Å². The van der Waals surface area contributed by atoms with E-state index in [1.54, 1.807) is 14.2 Å². The van der Waals surface area contributed by atoms with Crippen molar-refractivity contribution in [1.82, 2.24) is 9.78 Å². The van der Waals surface area contributed by atoms with Crippen LogP contribution in [0.15, 0.2) is 24.3 Å². The first-order valence-electron chi connectivity index (χ1n) is 7.11. The lowest BCUT2D eigenvalue weighted by Crippen LogP contribution is -2.11. The van der Waals surface area contributed by atoms with Crippen LogP contribution in [0.25, 0.3) is 0 Å². The van der Waals surface area contributed by atoms with Crippen molar-refractivity contribution in [3.05, 3.63) is 41.2 Å². The van der Waals surface area contributed by atoms with Crippen molar-refractivity contribution in [2.45, 2.75) is 32.9 Å². The summed E-state index contributed by atoms with van der Waals surface area (Å²) >= 11 is 0. The summed E-state index contributed by atoms with van der Waals surface area (Å²) in [5.74, 6) is 1.20. The molecule has 1 unspecified atom stereocenters. The Labute approximate surface area is 125 Å². The maximum Gasteiger partial charge on any atom is 0.128 e. The molecule has 1 aromatic carbocycles. The van der Waals surface area contributed by atoms with Crippen molar-refractivity contribution in [3.8, 4) is 11.5 Å².